The number of alkyl halides is 3. The first kappa shape index (κ1) is 21.9. The van der Waals surface area contributed by atoms with Gasteiger partial charge in [-0.1, -0.05) is 35.3 Å². The number of carbonyl (C=O) groups excluding carboxylic acids is 1. The van der Waals surface area contributed by atoms with Crippen LogP contribution in [0.1, 0.15) is 16.1 Å². The van der Waals surface area contributed by atoms with Crippen molar-refractivity contribution in [1.82, 2.24) is 20.1 Å². The Hall–Kier alpha value is -2.78. The molecule has 0 saturated heterocycles. The van der Waals surface area contributed by atoms with Crippen LogP contribution in [0.4, 0.5) is 13.2 Å². The van der Waals surface area contributed by atoms with Crippen LogP contribution in [-0.2, 0) is 13.6 Å². The van der Waals surface area contributed by atoms with Crippen LogP contribution in [0.15, 0.2) is 42.7 Å². The number of pyridine rings is 1. The minimum absolute atomic E-state index is 0.0705. The number of carbonyl (C=O) groups is 1. The van der Waals surface area contributed by atoms with E-state index in [4.69, 9.17) is 27.9 Å². The number of ether oxygens (including phenoxy) is 1. The first-order chi connectivity index (χ1) is 14.1. The van der Waals surface area contributed by atoms with E-state index in [2.05, 4.69) is 15.4 Å². The van der Waals surface area contributed by atoms with Crippen LogP contribution in [0.2, 0.25) is 10.0 Å². The molecule has 0 aliphatic heterocycles. The molecule has 30 heavy (non-hydrogen) atoms. The molecular formula is C19H15Cl2F3N4O2. The maximum absolute atomic E-state index is 12.6. The average Bonchev–Trinajstić information content (AvgIpc) is 3.01. The highest BCUT2D eigenvalue weighted by Gasteiger charge is 2.29. The second kappa shape index (κ2) is 8.93. The second-order valence-electron chi connectivity index (χ2n) is 6.27. The lowest BCUT2D eigenvalue weighted by Gasteiger charge is -2.14. The number of halogens is 5. The third-order valence-electron chi connectivity index (χ3n) is 3.91. The zero-order valence-electron chi connectivity index (χ0n) is 15.5. The molecule has 0 spiro atoms. The smallest absolute Gasteiger partial charge is 0.422 e. The number of aromatic nitrogens is 3. The zero-order chi connectivity index (χ0) is 21.9. The van der Waals surface area contributed by atoms with Crippen molar-refractivity contribution in [3.8, 4) is 17.0 Å². The zero-order valence-corrected chi connectivity index (χ0v) is 17.0. The van der Waals surface area contributed by atoms with E-state index < -0.39 is 18.7 Å². The van der Waals surface area contributed by atoms with Gasteiger partial charge >= 0.3 is 6.18 Å². The molecule has 1 N–H and O–H groups in total. The molecule has 0 saturated carbocycles. The minimum Gasteiger partial charge on any atom is -0.468 e. The lowest BCUT2D eigenvalue weighted by atomic mass is 10.0. The maximum atomic E-state index is 12.6. The van der Waals surface area contributed by atoms with E-state index in [0.29, 0.717) is 21.3 Å². The highest BCUT2D eigenvalue weighted by molar-refractivity contribution is 6.31. The SMILES string of the molecule is Cn1cc(Cl)c(CNC(=O)c2cnc(OCC(F)(F)F)c(-c3ccc(Cl)cc3)c2)n1. The summed E-state index contributed by atoms with van der Waals surface area (Å²) in [6, 6.07) is 7.72. The molecule has 0 atom stereocenters. The summed E-state index contributed by atoms with van der Waals surface area (Å²) in [5.41, 5.74) is 1.32. The Morgan fingerprint density at radius 2 is 1.93 bits per heavy atom. The van der Waals surface area contributed by atoms with Crippen molar-refractivity contribution in [2.45, 2.75) is 12.7 Å². The summed E-state index contributed by atoms with van der Waals surface area (Å²) in [5, 5.41) is 7.62. The number of hydrogen-bond acceptors (Lipinski definition) is 4. The molecule has 6 nitrogen and oxygen atoms in total. The van der Waals surface area contributed by atoms with Crippen molar-refractivity contribution in [2.24, 2.45) is 7.05 Å². The summed E-state index contributed by atoms with van der Waals surface area (Å²) in [6.07, 6.45) is -1.80. The Morgan fingerprint density at radius 1 is 1.23 bits per heavy atom. The van der Waals surface area contributed by atoms with Gasteiger partial charge in [0.2, 0.25) is 5.88 Å². The van der Waals surface area contributed by atoms with Gasteiger partial charge in [-0.25, -0.2) is 4.98 Å². The molecular weight excluding hydrogens is 444 g/mol. The lowest BCUT2D eigenvalue weighted by Crippen LogP contribution is -2.24. The summed E-state index contributed by atoms with van der Waals surface area (Å²) >= 11 is 11.9. The Morgan fingerprint density at radius 3 is 2.53 bits per heavy atom. The Kier molecular flexibility index (Phi) is 6.52. The van der Waals surface area contributed by atoms with Gasteiger partial charge in [0.25, 0.3) is 5.91 Å². The summed E-state index contributed by atoms with van der Waals surface area (Å²) < 4.78 is 44.1. The predicted molar refractivity (Wildman–Crippen MR) is 106 cm³/mol. The fraction of sp³-hybridized carbons (Fsp3) is 0.211. The number of aryl methyl sites for hydroxylation is 1. The van der Waals surface area contributed by atoms with Gasteiger partial charge < -0.3 is 10.1 Å². The van der Waals surface area contributed by atoms with E-state index in [-0.39, 0.29) is 23.6 Å². The van der Waals surface area contributed by atoms with Crippen LogP contribution in [-0.4, -0.2) is 33.5 Å². The van der Waals surface area contributed by atoms with Crippen molar-refractivity contribution in [3.63, 3.8) is 0 Å². The van der Waals surface area contributed by atoms with Crippen molar-refractivity contribution in [1.29, 1.82) is 0 Å². The van der Waals surface area contributed by atoms with Gasteiger partial charge in [0.15, 0.2) is 6.61 Å². The normalized spacial score (nSPS) is 11.4. The fourth-order valence-electron chi connectivity index (χ4n) is 2.57. The van der Waals surface area contributed by atoms with Gasteiger partial charge in [0.1, 0.15) is 5.69 Å². The molecule has 0 fully saturated rings. The van der Waals surface area contributed by atoms with Gasteiger partial charge in [0, 0.05) is 30.0 Å². The Labute approximate surface area is 179 Å². The maximum Gasteiger partial charge on any atom is 0.422 e. The van der Waals surface area contributed by atoms with Gasteiger partial charge in [-0.05, 0) is 23.8 Å². The number of rotatable bonds is 6. The largest absolute Gasteiger partial charge is 0.468 e. The number of hydrogen-bond donors (Lipinski definition) is 1. The average molecular weight is 459 g/mol. The standard InChI is InChI=1S/C19H15Cl2F3N4O2/c1-28-9-15(21)16(27-28)8-25-17(29)12-6-14(11-2-4-13(20)5-3-11)18(26-7-12)30-10-19(22,23)24/h2-7,9H,8,10H2,1H3,(H,25,29). The molecule has 0 aliphatic carbocycles. The molecule has 11 heteroatoms. The molecule has 0 unspecified atom stereocenters. The topological polar surface area (TPSA) is 69.0 Å². The molecule has 2 heterocycles. The monoisotopic (exact) mass is 458 g/mol. The number of benzene rings is 1. The summed E-state index contributed by atoms with van der Waals surface area (Å²) in [5.74, 6) is -0.749. The Balaban J connectivity index is 1.86. The number of nitrogens with zero attached hydrogens (tertiary/aromatic N) is 3. The highest BCUT2D eigenvalue weighted by atomic mass is 35.5. The van der Waals surface area contributed by atoms with Gasteiger partial charge in [0.05, 0.1) is 17.1 Å². The molecule has 0 bridgehead atoms. The van der Waals surface area contributed by atoms with Crippen LogP contribution in [0.25, 0.3) is 11.1 Å². The van der Waals surface area contributed by atoms with Crippen molar-refractivity contribution >= 4 is 29.1 Å². The quantitative estimate of drug-likeness (QED) is 0.583. The third-order valence-corrected chi connectivity index (χ3v) is 4.48. The van der Waals surface area contributed by atoms with Crippen molar-refractivity contribution in [3.05, 3.63) is 64.0 Å². The number of amides is 1. The molecule has 0 radical (unpaired) electrons. The molecule has 1 amide bonds. The van der Waals surface area contributed by atoms with Crippen molar-refractivity contribution < 1.29 is 22.7 Å². The van der Waals surface area contributed by atoms with E-state index >= 15 is 0 Å². The fourth-order valence-corrected chi connectivity index (χ4v) is 2.94. The van der Waals surface area contributed by atoms with Crippen molar-refractivity contribution in [2.75, 3.05) is 6.61 Å². The van der Waals surface area contributed by atoms with E-state index in [9.17, 15) is 18.0 Å². The molecule has 3 rings (SSSR count). The van der Waals surface area contributed by atoms with Crippen LogP contribution in [0, 0.1) is 0 Å². The summed E-state index contributed by atoms with van der Waals surface area (Å²) in [7, 11) is 1.69. The van der Waals surface area contributed by atoms with E-state index in [1.54, 1.807) is 37.5 Å². The molecule has 158 valence electrons. The van der Waals surface area contributed by atoms with E-state index in [1.807, 2.05) is 0 Å². The first-order valence-corrected chi connectivity index (χ1v) is 9.30. The van der Waals surface area contributed by atoms with Crippen LogP contribution in [0.3, 0.4) is 0 Å². The summed E-state index contributed by atoms with van der Waals surface area (Å²) in [6.45, 7) is -1.44. The second-order valence-corrected chi connectivity index (χ2v) is 7.11. The summed E-state index contributed by atoms with van der Waals surface area (Å²) in [4.78, 5) is 16.4. The van der Waals surface area contributed by atoms with Crippen LogP contribution in [0.5, 0.6) is 5.88 Å². The highest BCUT2D eigenvalue weighted by Crippen LogP contribution is 2.31. The van der Waals surface area contributed by atoms with Gasteiger partial charge in [-0.3, -0.25) is 9.48 Å². The first-order valence-electron chi connectivity index (χ1n) is 8.54. The molecule has 0 aliphatic rings. The molecule has 3 aromatic rings. The Bertz CT molecular complexity index is 1050. The third kappa shape index (κ3) is 5.64. The van der Waals surface area contributed by atoms with Crippen LogP contribution < -0.4 is 10.1 Å². The van der Waals surface area contributed by atoms with E-state index in [0.717, 1.165) is 6.20 Å². The minimum atomic E-state index is -4.53. The van der Waals surface area contributed by atoms with Gasteiger partial charge in [-0.2, -0.15) is 18.3 Å². The van der Waals surface area contributed by atoms with Gasteiger partial charge in [-0.15, -0.1) is 0 Å². The molecule has 1 aromatic carbocycles. The predicted octanol–water partition coefficient (Wildman–Crippen LogP) is 4.66. The number of nitrogens with one attached hydrogen (secondary N) is 1. The molecule has 2 aromatic heterocycles. The van der Waals surface area contributed by atoms with E-state index in [1.165, 1.54) is 10.7 Å². The van der Waals surface area contributed by atoms with Crippen LogP contribution >= 0.6 is 23.2 Å². The lowest BCUT2D eigenvalue weighted by molar-refractivity contribution is -0.154.